The normalized spacial score (nSPS) is 10.6. The summed E-state index contributed by atoms with van der Waals surface area (Å²) in [4.78, 5) is 10.4. The molecule has 0 atom stereocenters. The van der Waals surface area contributed by atoms with Crippen LogP contribution in [0.3, 0.4) is 0 Å². The number of rotatable bonds is 2. The Kier molecular flexibility index (Phi) is 3.34. The van der Waals surface area contributed by atoms with Gasteiger partial charge >= 0.3 is 0 Å². The Hall–Kier alpha value is -0.990. The van der Waals surface area contributed by atoms with E-state index in [2.05, 4.69) is 0 Å². The summed E-state index contributed by atoms with van der Waals surface area (Å²) in [7, 11) is 0. The minimum Gasteiger partial charge on any atom is -0.366 e. The van der Waals surface area contributed by atoms with Gasteiger partial charge in [-0.2, -0.15) is 0 Å². The molecule has 13 heavy (non-hydrogen) atoms. The predicted octanol–water partition coefficient (Wildman–Crippen LogP) is 2.49. The molecule has 0 aliphatic heterocycles. The predicted molar refractivity (Wildman–Crippen MR) is 54.7 cm³/mol. The van der Waals surface area contributed by atoms with Crippen molar-refractivity contribution in [3.05, 3.63) is 39.9 Å². The number of amides is 1. The lowest BCUT2D eigenvalue weighted by atomic mass is 10.2. The first-order valence-electron chi connectivity index (χ1n) is 3.53. The Morgan fingerprint density at radius 1 is 1.31 bits per heavy atom. The van der Waals surface area contributed by atoms with Crippen LogP contribution in [0.1, 0.15) is 5.56 Å². The first-order valence-corrected chi connectivity index (χ1v) is 4.28. The molecule has 0 saturated heterocycles. The molecule has 0 heterocycles. The SMILES string of the molecule is NC(=O)/C=C\c1c(Cl)cccc1Cl. The molecule has 0 fully saturated rings. The zero-order chi connectivity index (χ0) is 9.84. The second kappa shape index (κ2) is 4.30. The number of halogens is 2. The Balaban J connectivity index is 3.06. The number of primary amides is 1. The lowest BCUT2D eigenvalue weighted by Crippen LogP contribution is -2.05. The van der Waals surface area contributed by atoms with Crippen LogP contribution in [0.4, 0.5) is 0 Å². The number of benzene rings is 1. The number of hydrogen-bond acceptors (Lipinski definition) is 1. The van der Waals surface area contributed by atoms with Crippen molar-refractivity contribution >= 4 is 35.2 Å². The molecular formula is C9H7Cl2NO. The standard InChI is InChI=1S/C9H7Cl2NO/c10-7-2-1-3-8(11)6(7)4-5-9(12)13/h1-5H,(H2,12,13)/b5-4-. The maximum Gasteiger partial charge on any atom is 0.241 e. The molecule has 2 N–H and O–H groups in total. The quantitative estimate of drug-likeness (QED) is 0.758. The minimum atomic E-state index is -0.531. The summed E-state index contributed by atoms with van der Waals surface area (Å²) in [6.45, 7) is 0. The van der Waals surface area contributed by atoms with Gasteiger partial charge in [-0.05, 0) is 18.2 Å². The van der Waals surface area contributed by atoms with Crippen molar-refractivity contribution in [2.75, 3.05) is 0 Å². The summed E-state index contributed by atoms with van der Waals surface area (Å²) >= 11 is 11.7. The highest BCUT2D eigenvalue weighted by Crippen LogP contribution is 2.25. The van der Waals surface area contributed by atoms with E-state index in [-0.39, 0.29) is 0 Å². The van der Waals surface area contributed by atoms with Crippen LogP contribution in [-0.4, -0.2) is 5.91 Å². The Labute approximate surface area is 85.9 Å². The van der Waals surface area contributed by atoms with Crippen molar-refractivity contribution in [1.82, 2.24) is 0 Å². The van der Waals surface area contributed by atoms with Crippen molar-refractivity contribution < 1.29 is 4.79 Å². The maximum atomic E-state index is 10.4. The fourth-order valence-corrected chi connectivity index (χ4v) is 1.36. The molecule has 4 heteroatoms. The van der Waals surface area contributed by atoms with Gasteiger partial charge in [0.1, 0.15) is 0 Å². The molecule has 68 valence electrons. The fraction of sp³-hybridized carbons (Fsp3) is 0. The van der Waals surface area contributed by atoms with Crippen LogP contribution in [0, 0.1) is 0 Å². The van der Waals surface area contributed by atoms with Crippen LogP contribution in [0.15, 0.2) is 24.3 Å². The summed E-state index contributed by atoms with van der Waals surface area (Å²) in [6, 6.07) is 5.11. The molecule has 0 radical (unpaired) electrons. The molecule has 1 aromatic rings. The first-order chi connectivity index (χ1) is 6.11. The lowest BCUT2D eigenvalue weighted by molar-refractivity contribution is -0.113. The van der Waals surface area contributed by atoms with E-state index in [1.54, 1.807) is 18.2 Å². The van der Waals surface area contributed by atoms with Crippen molar-refractivity contribution in [1.29, 1.82) is 0 Å². The van der Waals surface area contributed by atoms with E-state index in [4.69, 9.17) is 28.9 Å². The average Bonchev–Trinajstić information content (AvgIpc) is 2.03. The summed E-state index contributed by atoms with van der Waals surface area (Å²) < 4.78 is 0. The molecule has 0 unspecified atom stereocenters. The van der Waals surface area contributed by atoms with Crippen molar-refractivity contribution in [2.24, 2.45) is 5.73 Å². The van der Waals surface area contributed by atoms with E-state index >= 15 is 0 Å². The van der Waals surface area contributed by atoms with Gasteiger partial charge in [-0.1, -0.05) is 29.3 Å². The minimum absolute atomic E-state index is 0.491. The monoisotopic (exact) mass is 215 g/mol. The highest BCUT2D eigenvalue weighted by Gasteiger charge is 2.00. The highest BCUT2D eigenvalue weighted by atomic mass is 35.5. The van der Waals surface area contributed by atoms with Gasteiger partial charge in [0, 0.05) is 21.7 Å². The first kappa shape index (κ1) is 10.1. The fourth-order valence-electron chi connectivity index (χ4n) is 0.835. The summed E-state index contributed by atoms with van der Waals surface area (Å²) in [5.74, 6) is -0.531. The molecule has 0 spiro atoms. The van der Waals surface area contributed by atoms with E-state index in [9.17, 15) is 4.79 Å². The molecule has 1 rings (SSSR count). The number of nitrogens with two attached hydrogens (primary N) is 1. The van der Waals surface area contributed by atoms with Gasteiger partial charge in [0.15, 0.2) is 0 Å². The molecule has 1 aromatic carbocycles. The largest absolute Gasteiger partial charge is 0.366 e. The van der Waals surface area contributed by atoms with Gasteiger partial charge in [-0.15, -0.1) is 0 Å². The van der Waals surface area contributed by atoms with Crippen molar-refractivity contribution in [3.8, 4) is 0 Å². The van der Waals surface area contributed by atoms with Crippen LogP contribution in [-0.2, 0) is 4.79 Å². The zero-order valence-electron chi connectivity index (χ0n) is 6.63. The average molecular weight is 216 g/mol. The van der Waals surface area contributed by atoms with E-state index in [1.807, 2.05) is 0 Å². The highest BCUT2D eigenvalue weighted by molar-refractivity contribution is 6.37. The summed E-state index contributed by atoms with van der Waals surface area (Å²) in [5, 5.41) is 0.981. The van der Waals surface area contributed by atoms with Gasteiger partial charge in [-0.3, -0.25) is 4.79 Å². The molecule has 0 bridgehead atoms. The zero-order valence-corrected chi connectivity index (χ0v) is 8.14. The summed E-state index contributed by atoms with van der Waals surface area (Å²) in [5.41, 5.74) is 5.53. The maximum absolute atomic E-state index is 10.4. The topological polar surface area (TPSA) is 43.1 Å². The third-order valence-electron chi connectivity index (χ3n) is 1.41. The van der Waals surface area contributed by atoms with Gasteiger partial charge in [-0.25, -0.2) is 0 Å². The van der Waals surface area contributed by atoms with Gasteiger partial charge in [0.05, 0.1) is 0 Å². The molecule has 1 amide bonds. The van der Waals surface area contributed by atoms with Gasteiger partial charge in [0.2, 0.25) is 5.91 Å². The van der Waals surface area contributed by atoms with E-state index in [0.29, 0.717) is 15.6 Å². The Bertz CT molecular complexity index is 340. The molecular weight excluding hydrogens is 209 g/mol. The molecule has 0 aliphatic carbocycles. The second-order valence-corrected chi connectivity index (χ2v) is 3.19. The number of carbonyl (C=O) groups is 1. The van der Waals surface area contributed by atoms with Crippen LogP contribution >= 0.6 is 23.2 Å². The van der Waals surface area contributed by atoms with Crippen LogP contribution in [0.2, 0.25) is 10.0 Å². The smallest absolute Gasteiger partial charge is 0.241 e. The molecule has 0 saturated carbocycles. The third-order valence-corrected chi connectivity index (χ3v) is 2.07. The van der Waals surface area contributed by atoms with Crippen LogP contribution in [0.25, 0.3) is 6.08 Å². The Morgan fingerprint density at radius 2 is 1.85 bits per heavy atom. The van der Waals surface area contributed by atoms with Crippen LogP contribution < -0.4 is 5.73 Å². The number of carbonyl (C=O) groups excluding carboxylic acids is 1. The Morgan fingerprint density at radius 3 is 2.31 bits per heavy atom. The van der Waals surface area contributed by atoms with E-state index < -0.39 is 5.91 Å². The van der Waals surface area contributed by atoms with Crippen LogP contribution in [0.5, 0.6) is 0 Å². The third kappa shape index (κ3) is 2.76. The van der Waals surface area contributed by atoms with Gasteiger partial charge < -0.3 is 5.73 Å². The molecule has 2 nitrogen and oxygen atoms in total. The van der Waals surface area contributed by atoms with Crippen molar-refractivity contribution in [3.63, 3.8) is 0 Å². The summed E-state index contributed by atoms with van der Waals surface area (Å²) in [6.07, 6.45) is 2.71. The second-order valence-electron chi connectivity index (χ2n) is 2.37. The van der Waals surface area contributed by atoms with E-state index in [0.717, 1.165) is 0 Å². The van der Waals surface area contributed by atoms with Gasteiger partial charge in [0.25, 0.3) is 0 Å². The van der Waals surface area contributed by atoms with E-state index in [1.165, 1.54) is 12.2 Å². The molecule has 0 aliphatic rings. The number of hydrogen-bond donors (Lipinski definition) is 1. The molecule has 0 aromatic heterocycles. The lowest BCUT2D eigenvalue weighted by Gasteiger charge is -1.99. The van der Waals surface area contributed by atoms with Crippen molar-refractivity contribution in [2.45, 2.75) is 0 Å².